The van der Waals surface area contributed by atoms with Crippen molar-refractivity contribution in [2.75, 3.05) is 39.4 Å². The summed E-state index contributed by atoms with van der Waals surface area (Å²) in [4.78, 5) is 14.4. The van der Waals surface area contributed by atoms with Crippen LogP contribution < -0.4 is 10.1 Å². The van der Waals surface area contributed by atoms with Gasteiger partial charge >= 0.3 is 0 Å². The van der Waals surface area contributed by atoms with E-state index < -0.39 is 0 Å². The number of rotatable bonds is 9. The van der Waals surface area contributed by atoms with Crippen LogP contribution in [0, 0.1) is 5.92 Å². The van der Waals surface area contributed by atoms with Gasteiger partial charge in [0.05, 0.1) is 24.3 Å². The van der Waals surface area contributed by atoms with Gasteiger partial charge in [-0.3, -0.25) is 9.69 Å². The number of hydrogen-bond acceptors (Lipinski definition) is 4. The van der Waals surface area contributed by atoms with Crippen LogP contribution in [0.15, 0.2) is 18.2 Å². The summed E-state index contributed by atoms with van der Waals surface area (Å²) in [6.07, 6.45) is 1.08. The summed E-state index contributed by atoms with van der Waals surface area (Å²) >= 11 is 12.0. The maximum atomic E-state index is 12.0. The van der Waals surface area contributed by atoms with Gasteiger partial charge in [0.2, 0.25) is 5.91 Å². The molecule has 146 valence electrons. The number of benzene rings is 1. The number of carbonyl (C=O) groups excluding carboxylic acids is 1. The minimum absolute atomic E-state index is 0.00961. The van der Waals surface area contributed by atoms with Crippen LogP contribution in [0.1, 0.15) is 26.7 Å². The van der Waals surface area contributed by atoms with E-state index in [2.05, 4.69) is 24.1 Å². The second-order valence-corrected chi connectivity index (χ2v) is 7.74. The monoisotopic (exact) mass is 402 g/mol. The van der Waals surface area contributed by atoms with Crippen molar-refractivity contribution in [3.05, 3.63) is 28.2 Å². The second kappa shape index (κ2) is 11.0. The van der Waals surface area contributed by atoms with E-state index in [0.29, 0.717) is 47.7 Å². The molecule has 1 heterocycles. The number of morpholine rings is 1. The van der Waals surface area contributed by atoms with Gasteiger partial charge in [-0.05, 0) is 24.5 Å². The first-order chi connectivity index (χ1) is 12.5. The van der Waals surface area contributed by atoms with Crippen LogP contribution in [0.2, 0.25) is 10.0 Å². The van der Waals surface area contributed by atoms with Crippen LogP contribution in [0.3, 0.4) is 0 Å². The summed E-state index contributed by atoms with van der Waals surface area (Å²) < 4.78 is 11.3. The van der Waals surface area contributed by atoms with E-state index in [4.69, 9.17) is 32.7 Å². The Bertz CT molecular complexity index is 584. The Morgan fingerprint density at radius 2 is 2.23 bits per heavy atom. The van der Waals surface area contributed by atoms with Crippen molar-refractivity contribution in [2.45, 2.75) is 32.8 Å². The fourth-order valence-corrected chi connectivity index (χ4v) is 3.26. The lowest BCUT2D eigenvalue weighted by atomic mass is 10.2. The zero-order valence-electron chi connectivity index (χ0n) is 15.5. The quantitative estimate of drug-likeness (QED) is 0.640. The SMILES string of the molecule is CC(C)CN1CCOC(CNC(=O)CCCOc2cccc(Cl)c2Cl)C1. The molecule has 0 spiro atoms. The van der Waals surface area contributed by atoms with Crippen LogP contribution >= 0.6 is 23.2 Å². The molecule has 1 aromatic rings. The van der Waals surface area contributed by atoms with Crippen LogP contribution in [0.25, 0.3) is 0 Å². The molecule has 1 saturated heterocycles. The van der Waals surface area contributed by atoms with Crippen molar-refractivity contribution in [2.24, 2.45) is 5.92 Å². The molecule has 1 atom stereocenters. The summed E-state index contributed by atoms with van der Waals surface area (Å²) in [5.41, 5.74) is 0. The van der Waals surface area contributed by atoms with E-state index in [9.17, 15) is 4.79 Å². The number of amides is 1. The third-order valence-corrected chi connectivity index (χ3v) is 4.90. The average Bonchev–Trinajstić information content (AvgIpc) is 2.60. The standard InChI is InChI=1S/C19H28Cl2N2O3/c1-14(2)12-23-8-10-25-15(13-23)11-22-18(24)7-4-9-26-17-6-3-5-16(20)19(17)21/h3,5-6,14-15H,4,7-13H2,1-2H3,(H,22,24). The normalized spacial score (nSPS) is 18.1. The predicted octanol–water partition coefficient (Wildman–Crippen LogP) is 3.63. The first kappa shape index (κ1) is 21.3. The van der Waals surface area contributed by atoms with E-state index in [1.807, 2.05) is 0 Å². The first-order valence-electron chi connectivity index (χ1n) is 9.13. The molecule has 0 aromatic heterocycles. The maximum absolute atomic E-state index is 12.0. The largest absolute Gasteiger partial charge is 0.492 e. The van der Waals surface area contributed by atoms with Crippen molar-refractivity contribution in [1.82, 2.24) is 10.2 Å². The Kier molecular flexibility index (Phi) is 8.99. The molecule has 1 amide bonds. The number of nitrogens with one attached hydrogen (secondary N) is 1. The van der Waals surface area contributed by atoms with Crippen molar-refractivity contribution < 1.29 is 14.3 Å². The van der Waals surface area contributed by atoms with Gasteiger partial charge in [0, 0.05) is 32.6 Å². The highest BCUT2D eigenvalue weighted by molar-refractivity contribution is 6.42. The highest BCUT2D eigenvalue weighted by Gasteiger charge is 2.21. The maximum Gasteiger partial charge on any atom is 0.220 e. The smallest absolute Gasteiger partial charge is 0.220 e. The van der Waals surface area contributed by atoms with Crippen molar-refractivity contribution >= 4 is 29.1 Å². The van der Waals surface area contributed by atoms with E-state index in [0.717, 1.165) is 26.2 Å². The molecule has 1 aromatic carbocycles. The molecule has 5 nitrogen and oxygen atoms in total. The third kappa shape index (κ3) is 7.31. The molecule has 0 saturated carbocycles. The number of nitrogens with zero attached hydrogens (tertiary/aromatic N) is 1. The molecule has 1 fully saturated rings. The number of carbonyl (C=O) groups is 1. The van der Waals surface area contributed by atoms with E-state index in [-0.39, 0.29) is 12.0 Å². The Morgan fingerprint density at radius 1 is 1.42 bits per heavy atom. The summed E-state index contributed by atoms with van der Waals surface area (Å²) in [7, 11) is 0. The van der Waals surface area contributed by atoms with Gasteiger partial charge in [0.1, 0.15) is 10.8 Å². The molecule has 1 aliphatic rings. The van der Waals surface area contributed by atoms with Gasteiger partial charge in [-0.25, -0.2) is 0 Å². The molecule has 1 N–H and O–H groups in total. The fourth-order valence-electron chi connectivity index (χ4n) is 2.91. The van der Waals surface area contributed by atoms with Crippen molar-refractivity contribution in [1.29, 1.82) is 0 Å². The van der Waals surface area contributed by atoms with Gasteiger partial charge in [-0.15, -0.1) is 0 Å². The van der Waals surface area contributed by atoms with Crippen molar-refractivity contribution in [3.8, 4) is 5.75 Å². The fraction of sp³-hybridized carbons (Fsp3) is 0.632. The summed E-state index contributed by atoms with van der Waals surface area (Å²) in [5.74, 6) is 1.19. The molecule has 0 aliphatic carbocycles. The Balaban J connectivity index is 1.61. The van der Waals surface area contributed by atoms with Crippen molar-refractivity contribution in [3.63, 3.8) is 0 Å². The molecular formula is C19H28Cl2N2O3. The number of ether oxygens (including phenoxy) is 2. The zero-order chi connectivity index (χ0) is 18.9. The number of hydrogen-bond donors (Lipinski definition) is 1. The van der Waals surface area contributed by atoms with Gasteiger partial charge in [0.25, 0.3) is 0 Å². The minimum atomic E-state index is 0.00961. The molecule has 1 aliphatic heterocycles. The van der Waals surface area contributed by atoms with E-state index >= 15 is 0 Å². The lowest BCUT2D eigenvalue weighted by molar-refractivity contribution is -0.122. The topological polar surface area (TPSA) is 50.8 Å². The second-order valence-electron chi connectivity index (χ2n) is 6.95. The Hall–Kier alpha value is -1.01. The zero-order valence-corrected chi connectivity index (χ0v) is 17.0. The van der Waals surface area contributed by atoms with Crippen LogP contribution in [0.4, 0.5) is 0 Å². The molecule has 0 radical (unpaired) electrons. The van der Waals surface area contributed by atoms with Crippen LogP contribution in [-0.2, 0) is 9.53 Å². The van der Waals surface area contributed by atoms with Gasteiger partial charge in [-0.2, -0.15) is 0 Å². The minimum Gasteiger partial charge on any atom is -0.492 e. The molecule has 1 unspecified atom stereocenters. The third-order valence-electron chi connectivity index (χ3n) is 4.10. The highest BCUT2D eigenvalue weighted by Crippen LogP contribution is 2.31. The van der Waals surface area contributed by atoms with Crippen LogP contribution in [0.5, 0.6) is 5.75 Å². The lowest BCUT2D eigenvalue weighted by Crippen LogP contribution is -2.48. The van der Waals surface area contributed by atoms with E-state index in [1.165, 1.54) is 0 Å². The van der Waals surface area contributed by atoms with Crippen LogP contribution in [-0.4, -0.2) is 56.3 Å². The Morgan fingerprint density at radius 3 is 3.00 bits per heavy atom. The summed E-state index contributed by atoms with van der Waals surface area (Å²) in [6.45, 7) is 9.01. The molecule has 2 rings (SSSR count). The lowest BCUT2D eigenvalue weighted by Gasteiger charge is -2.33. The average molecular weight is 403 g/mol. The van der Waals surface area contributed by atoms with Gasteiger partial charge < -0.3 is 14.8 Å². The highest BCUT2D eigenvalue weighted by atomic mass is 35.5. The van der Waals surface area contributed by atoms with Gasteiger partial charge in [-0.1, -0.05) is 43.1 Å². The molecule has 7 heteroatoms. The first-order valence-corrected chi connectivity index (χ1v) is 9.88. The summed E-state index contributed by atoms with van der Waals surface area (Å²) in [5, 5.41) is 3.81. The van der Waals surface area contributed by atoms with Gasteiger partial charge in [0.15, 0.2) is 0 Å². The predicted molar refractivity (Wildman–Crippen MR) is 105 cm³/mol. The summed E-state index contributed by atoms with van der Waals surface area (Å²) in [6, 6.07) is 5.25. The molecular weight excluding hydrogens is 375 g/mol. The number of halogens is 2. The van der Waals surface area contributed by atoms with E-state index in [1.54, 1.807) is 18.2 Å². The molecule has 26 heavy (non-hydrogen) atoms. The molecule has 0 bridgehead atoms. The Labute approximate surface area is 165 Å².